The molecule has 0 aliphatic heterocycles. The minimum absolute atomic E-state index is 0.0879. The number of phenols is 1. The van der Waals surface area contributed by atoms with Crippen molar-refractivity contribution in [2.24, 2.45) is 0 Å². The maximum Gasteiger partial charge on any atom is 0.125 e. The molecule has 2 rings (SSSR count). The van der Waals surface area contributed by atoms with E-state index in [4.69, 9.17) is 5.26 Å². The summed E-state index contributed by atoms with van der Waals surface area (Å²) < 4.78 is 0. The smallest absolute Gasteiger partial charge is 0.125 e. The molecule has 0 saturated carbocycles. The molecule has 0 heterocycles. The van der Waals surface area contributed by atoms with Gasteiger partial charge in [0.25, 0.3) is 0 Å². The molecule has 0 aliphatic rings. The van der Waals surface area contributed by atoms with Crippen LogP contribution >= 0.6 is 0 Å². The Morgan fingerprint density at radius 1 is 1.20 bits per heavy atom. The number of nitrogens with zero attached hydrogens (tertiary/aromatic N) is 1. The predicted molar refractivity (Wildman–Crippen MR) is 55.9 cm³/mol. The molecule has 0 bridgehead atoms. The molecule has 0 atom stereocenters. The lowest BCUT2D eigenvalue weighted by Crippen LogP contribution is -1.83. The quantitative estimate of drug-likeness (QED) is 0.756. The van der Waals surface area contributed by atoms with Crippen molar-refractivity contribution in [3.63, 3.8) is 0 Å². The number of phenolic OH excluding ortho intramolecular Hbond substituents is 1. The molecular weight excluding hydrogens is 186 g/mol. The summed E-state index contributed by atoms with van der Waals surface area (Å²) in [4.78, 5) is 0. The highest BCUT2D eigenvalue weighted by Crippen LogP contribution is 2.30. The van der Waals surface area contributed by atoms with Crippen molar-refractivity contribution in [3.8, 4) is 22.9 Å². The first-order chi connectivity index (χ1) is 7.33. The molecule has 15 heavy (non-hydrogen) atoms. The number of hydrogen-bond donors (Lipinski definition) is 1. The van der Waals surface area contributed by atoms with Crippen molar-refractivity contribution in [3.05, 3.63) is 54.1 Å². The van der Waals surface area contributed by atoms with Gasteiger partial charge >= 0.3 is 0 Å². The van der Waals surface area contributed by atoms with Crippen molar-refractivity contribution in [2.75, 3.05) is 0 Å². The Kier molecular flexibility index (Phi) is 2.27. The van der Waals surface area contributed by atoms with E-state index in [1.807, 2.05) is 6.07 Å². The molecule has 2 aromatic carbocycles. The fraction of sp³-hybridized carbons (Fsp3) is 0. The predicted octanol–water partition coefficient (Wildman–Crippen LogP) is 2.53. The van der Waals surface area contributed by atoms with Gasteiger partial charge in [-0.2, -0.15) is 5.26 Å². The summed E-state index contributed by atoms with van der Waals surface area (Å²) in [6.07, 6.45) is 0. The lowest BCUT2D eigenvalue weighted by atomic mass is 10.0. The lowest BCUT2D eigenvalue weighted by molar-refractivity contribution is 0.477. The van der Waals surface area contributed by atoms with Crippen LogP contribution in [0.25, 0.3) is 11.1 Å². The second-order valence-corrected chi connectivity index (χ2v) is 3.02. The van der Waals surface area contributed by atoms with Crippen molar-refractivity contribution >= 4 is 0 Å². The van der Waals surface area contributed by atoms with E-state index in [0.717, 1.165) is 0 Å². The summed E-state index contributed by atoms with van der Waals surface area (Å²) in [6.45, 7) is 0. The molecule has 0 spiro atoms. The van der Waals surface area contributed by atoms with E-state index in [1.165, 1.54) is 0 Å². The second-order valence-electron chi connectivity index (χ2n) is 3.02. The molecule has 0 saturated heterocycles. The molecule has 70 valence electrons. The minimum Gasteiger partial charge on any atom is -0.507 e. The third-order valence-corrected chi connectivity index (χ3v) is 2.08. The van der Waals surface area contributed by atoms with E-state index >= 15 is 0 Å². The van der Waals surface area contributed by atoms with Gasteiger partial charge in [-0.1, -0.05) is 24.3 Å². The highest BCUT2D eigenvalue weighted by molar-refractivity contribution is 5.75. The summed E-state index contributed by atoms with van der Waals surface area (Å²) in [6, 6.07) is 17.8. The van der Waals surface area contributed by atoms with Crippen LogP contribution in [0.2, 0.25) is 0 Å². The van der Waals surface area contributed by atoms with Crippen molar-refractivity contribution in [1.29, 1.82) is 5.26 Å². The van der Waals surface area contributed by atoms with Gasteiger partial charge in [0.05, 0.1) is 11.6 Å². The number of nitriles is 1. The Morgan fingerprint density at radius 2 is 2.07 bits per heavy atom. The summed E-state index contributed by atoms with van der Waals surface area (Å²) in [5.74, 6) is 0.0879. The maximum absolute atomic E-state index is 9.69. The number of rotatable bonds is 1. The van der Waals surface area contributed by atoms with Crippen LogP contribution < -0.4 is 0 Å². The second kappa shape index (κ2) is 3.74. The Bertz CT molecular complexity index is 512. The average Bonchev–Trinajstić information content (AvgIpc) is 2.29. The lowest BCUT2D eigenvalue weighted by Gasteiger charge is -2.03. The van der Waals surface area contributed by atoms with E-state index in [1.54, 1.807) is 36.4 Å². The van der Waals surface area contributed by atoms with Gasteiger partial charge in [-0.05, 0) is 24.3 Å². The zero-order valence-electron chi connectivity index (χ0n) is 7.86. The van der Waals surface area contributed by atoms with Gasteiger partial charge in [-0.15, -0.1) is 0 Å². The summed E-state index contributed by atoms with van der Waals surface area (Å²) >= 11 is 0. The Hall–Kier alpha value is -2.45. The van der Waals surface area contributed by atoms with Crippen LogP contribution in [0.4, 0.5) is 0 Å². The van der Waals surface area contributed by atoms with Crippen LogP contribution in [0.1, 0.15) is 5.56 Å². The van der Waals surface area contributed by atoms with Crippen LogP contribution in [0.3, 0.4) is 0 Å². The number of aromatic hydroxyl groups is 1. The molecule has 0 amide bonds. The summed E-state index contributed by atoms with van der Waals surface area (Å²) in [7, 11) is 0. The van der Waals surface area contributed by atoms with Crippen LogP contribution in [0.5, 0.6) is 5.75 Å². The van der Waals surface area contributed by atoms with Crippen molar-refractivity contribution < 1.29 is 5.11 Å². The highest BCUT2D eigenvalue weighted by Gasteiger charge is 2.08. The van der Waals surface area contributed by atoms with Crippen molar-refractivity contribution in [2.45, 2.75) is 0 Å². The largest absolute Gasteiger partial charge is 0.507 e. The molecule has 0 aromatic heterocycles. The molecule has 0 radical (unpaired) electrons. The van der Waals surface area contributed by atoms with E-state index < -0.39 is 0 Å². The van der Waals surface area contributed by atoms with Crippen LogP contribution in [-0.4, -0.2) is 5.11 Å². The first-order valence-electron chi connectivity index (χ1n) is 4.44. The summed E-state index contributed by atoms with van der Waals surface area (Å²) in [5.41, 5.74) is 1.62. The van der Waals surface area contributed by atoms with Gasteiger partial charge in [0, 0.05) is 11.1 Å². The van der Waals surface area contributed by atoms with Gasteiger partial charge in [0.15, 0.2) is 0 Å². The Labute approximate surface area is 88.0 Å². The fourth-order valence-electron chi connectivity index (χ4n) is 1.42. The van der Waals surface area contributed by atoms with E-state index in [9.17, 15) is 5.11 Å². The normalized spacial score (nSPS) is 9.00. The molecule has 0 unspecified atom stereocenters. The van der Waals surface area contributed by atoms with Crippen LogP contribution in [0.15, 0.2) is 36.4 Å². The molecular formula is C13H7NO. The number of hydrogen-bond acceptors (Lipinski definition) is 2. The van der Waals surface area contributed by atoms with E-state index in [0.29, 0.717) is 16.7 Å². The van der Waals surface area contributed by atoms with Crippen molar-refractivity contribution in [1.82, 2.24) is 0 Å². The molecule has 0 fully saturated rings. The molecule has 2 aromatic rings. The first-order valence-corrected chi connectivity index (χ1v) is 4.44. The van der Waals surface area contributed by atoms with Gasteiger partial charge in [0.2, 0.25) is 0 Å². The molecule has 0 aliphatic carbocycles. The van der Waals surface area contributed by atoms with Gasteiger partial charge < -0.3 is 5.11 Å². The molecule has 2 heteroatoms. The summed E-state index contributed by atoms with van der Waals surface area (Å²) in [5, 5.41) is 18.6. The first kappa shape index (κ1) is 9.12. The van der Waals surface area contributed by atoms with Crippen LogP contribution in [0, 0.1) is 23.5 Å². The monoisotopic (exact) mass is 193 g/mol. The van der Waals surface area contributed by atoms with Gasteiger partial charge in [0.1, 0.15) is 5.75 Å². The maximum atomic E-state index is 9.69. The molecule has 2 nitrogen and oxygen atoms in total. The standard InChI is InChI=1S/C13H7NO/c14-9-11-7-4-8-12(15)13(11)10-5-2-1-3-6-10/h1-2,4-5,7-8,15H. The fourth-order valence-corrected chi connectivity index (χ4v) is 1.42. The minimum atomic E-state index is 0.0879. The van der Waals surface area contributed by atoms with Gasteiger partial charge in [-0.3, -0.25) is 0 Å². The van der Waals surface area contributed by atoms with Gasteiger partial charge in [-0.25, -0.2) is 0 Å². The van der Waals surface area contributed by atoms with E-state index in [-0.39, 0.29) is 5.75 Å². The number of benzene rings is 1. The third kappa shape index (κ3) is 1.61. The van der Waals surface area contributed by atoms with Crippen LogP contribution in [-0.2, 0) is 0 Å². The zero-order chi connectivity index (χ0) is 10.7. The van der Waals surface area contributed by atoms with E-state index in [2.05, 4.69) is 12.1 Å². The SMILES string of the molecule is N#Cc1cccc(O)c1-c1c#cccc1. The average molecular weight is 193 g/mol. The topological polar surface area (TPSA) is 44.0 Å². The Balaban J connectivity index is 2.68. The highest BCUT2D eigenvalue weighted by atomic mass is 16.3. The molecule has 1 N–H and O–H groups in total. The Morgan fingerprint density at radius 3 is 2.73 bits per heavy atom. The third-order valence-electron chi connectivity index (χ3n) is 2.08. The zero-order valence-corrected chi connectivity index (χ0v) is 7.86.